The van der Waals surface area contributed by atoms with Gasteiger partial charge in [-0.1, -0.05) is 0 Å². The summed E-state index contributed by atoms with van der Waals surface area (Å²) in [4.78, 5) is 8.24. The van der Waals surface area contributed by atoms with Crippen LogP contribution in [0.1, 0.15) is 0 Å². The van der Waals surface area contributed by atoms with Crippen LogP contribution in [-0.2, 0) is 0 Å². The highest BCUT2D eigenvalue weighted by Crippen LogP contribution is 2.21. The van der Waals surface area contributed by atoms with Crippen molar-refractivity contribution in [3.05, 3.63) is 42.2 Å². The minimum Gasteiger partial charge on any atom is -0.382 e. The highest BCUT2D eigenvalue weighted by atomic mass is 32.1. The lowest BCUT2D eigenvalue weighted by Gasteiger charge is -2.02. The number of aromatic nitrogens is 4. The summed E-state index contributed by atoms with van der Waals surface area (Å²) in [5.74, 6) is 0.460. The van der Waals surface area contributed by atoms with E-state index >= 15 is 0 Å². The number of thiazole rings is 1. The summed E-state index contributed by atoms with van der Waals surface area (Å²) in [5, 5.41) is 7.25. The van der Waals surface area contributed by atoms with Crippen LogP contribution in [0.2, 0.25) is 0 Å². The van der Waals surface area contributed by atoms with Crippen LogP contribution >= 0.6 is 11.3 Å². The number of hydrogen-bond donors (Lipinski definition) is 1. The first-order valence-corrected chi connectivity index (χ1v) is 5.89. The first-order valence-electron chi connectivity index (χ1n) is 5.01. The fraction of sp³-hybridized carbons (Fsp3) is 0. The molecule has 3 aromatic heterocycles. The Labute approximate surface area is 102 Å². The first kappa shape index (κ1) is 9.98. The molecule has 0 saturated carbocycles. The molecule has 3 rings (SSSR count). The number of hydrogen-bond acceptors (Lipinski definition) is 5. The van der Waals surface area contributed by atoms with Crippen molar-refractivity contribution in [2.75, 3.05) is 5.73 Å². The zero-order chi connectivity index (χ0) is 11.7. The summed E-state index contributed by atoms with van der Waals surface area (Å²) < 4.78 is 1.71. The summed E-state index contributed by atoms with van der Waals surface area (Å²) in [6.07, 6.45) is 5.27. The Morgan fingerprint density at radius 1 is 1.18 bits per heavy atom. The highest BCUT2D eigenvalue weighted by Gasteiger charge is 2.07. The second kappa shape index (κ2) is 3.99. The molecule has 0 aliphatic heterocycles. The third-order valence-corrected chi connectivity index (χ3v) is 3.10. The number of pyridine rings is 1. The molecule has 3 aromatic rings. The SMILES string of the molecule is Nc1ncccc1-n1ccc(-c2nccs2)n1. The van der Waals surface area contributed by atoms with Gasteiger partial charge in [-0.05, 0) is 18.2 Å². The number of rotatable bonds is 2. The second-order valence-corrected chi connectivity index (χ2v) is 4.29. The Morgan fingerprint density at radius 3 is 2.88 bits per heavy atom. The predicted octanol–water partition coefficient (Wildman–Crippen LogP) is 1.97. The molecule has 0 aliphatic carbocycles. The van der Waals surface area contributed by atoms with Crippen molar-refractivity contribution in [3.8, 4) is 16.4 Å². The van der Waals surface area contributed by atoms with E-state index < -0.39 is 0 Å². The highest BCUT2D eigenvalue weighted by molar-refractivity contribution is 7.13. The molecular formula is C11H9N5S. The average molecular weight is 243 g/mol. The molecule has 0 aromatic carbocycles. The summed E-state index contributed by atoms with van der Waals surface area (Å²) >= 11 is 1.55. The molecule has 2 N–H and O–H groups in total. The van der Waals surface area contributed by atoms with Crippen LogP contribution in [0.5, 0.6) is 0 Å². The van der Waals surface area contributed by atoms with E-state index in [-0.39, 0.29) is 0 Å². The number of nitrogens with two attached hydrogens (primary N) is 1. The molecule has 6 heteroatoms. The fourth-order valence-corrected chi connectivity index (χ4v) is 2.13. The lowest BCUT2D eigenvalue weighted by molar-refractivity contribution is 0.880. The molecule has 5 nitrogen and oxygen atoms in total. The molecule has 84 valence electrons. The quantitative estimate of drug-likeness (QED) is 0.747. The van der Waals surface area contributed by atoms with Gasteiger partial charge in [0.1, 0.15) is 22.2 Å². The number of nitrogen functional groups attached to an aromatic ring is 1. The van der Waals surface area contributed by atoms with E-state index in [2.05, 4.69) is 15.1 Å². The van der Waals surface area contributed by atoms with Gasteiger partial charge in [0.15, 0.2) is 0 Å². The van der Waals surface area contributed by atoms with Crippen molar-refractivity contribution in [2.45, 2.75) is 0 Å². The minimum atomic E-state index is 0.460. The van der Waals surface area contributed by atoms with Crippen LogP contribution in [0, 0.1) is 0 Å². The van der Waals surface area contributed by atoms with E-state index in [1.165, 1.54) is 0 Å². The Balaban J connectivity index is 2.04. The van der Waals surface area contributed by atoms with Crippen molar-refractivity contribution >= 4 is 17.2 Å². The normalized spacial score (nSPS) is 10.6. The van der Waals surface area contributed by atoms with Crippen LogP contribution in [0.15, 0.2) is 42.2 Å². The van der Waals surface area contributed by atoms with Gasteiger partial charge in [-0.3, -0.25) is 0 Å². The average Bonchev–Trinajstić information content (AvgIpc) is 3.00. The zero-order valence-corrected chi connectivity index (χ0v) is 9.63. The molecule has 0 saturated heterocycles. The van der Waals surface area contributed by atoms with E-state index in [0.717, 1.165) is 16.4 Å². The predicted molar refractivity (Wildman–Crippen MR) is 66.9 cm³/mol. The molecule has 0 atom stereocenters. The standard InChI is InChI=1S/C11H9N5S/c12-10-9(2-1-4-13-10)16-6-3-8(15-16)11-14-5-7-17-11/h1-7H,(H2,12,13). The minimum absolute atomic E-state index is 0.460. The van der Waals surface area contributed by atoms with Gasteiger partial charge in [0.05, 0.1) is 0 Å². The van der Waals surface area contributed by atoms with E-state index in [1.807, 2.05) is 29.8 Å². The van der Waals surface area contributed by atoms with Crippen molar-refractivity contribution < 1.29 is 0 Å². The van der Waals surface area contributed by atoms with Crippen LogP contribution in [0.4, 0.5) is 5.82 Å². The van der Waals surface area contributed by atoms with Gasteiger partial charge in [-0.25, -0.2) is 14.6 Å². The van der Waals surface area contributed by atoms with Gasteiger partial charge in [0.2, 0.25) is 0 Å². The van der Waals surface area contributed by atoms with E-state index in [9.17, 15) is 0 Å². The van der Waals surface area contributed by atoms with Gasteiger partial charge in [0.25, 0.3) is 0 Å². The molecule has 0 fully saturated rings. The Hall–Kier alpha value is -2.21. The smallest absolute Gasteiger partial charge is 0.149 e. The maximum atomic E-state index is 5.80. The second-order valence-electron chi connectivity index (χ2n) is 3.39. The third-order valence-electron chi connectivity index (χ3n) is 2.30. The van der Waals surface area contributed by atoms with Crippen LogP contribution in [-0.4, -0.2) is 19.7 Å². The molecule has 17 heavy (non-hydrogen) atoms. The summed E-state index contributed by atoms with van der Waals surface area (Å²) in [6, 6.07) is 5.61. The largest absolute Gasteiger partial charge is 0.382 e. The molecule has 0 aliphatic rings. The van der Waals surface area contributed by atoms with Crippen molar-refractivity contribution in [2.24, 2.45) is 0 Å². The monoisotopic (exact) mass is 243 g/mol. The van der Waals surface area contributed by atoms with E-state index in [1.54, 1.807) is 28.4 Å². The summed E-state index contributed by atoms with van der Waals surface area (Å²) in [6.45, 7) is 0. The molecule has 0 spiro atoms. The Morgan fingerprint density at radius 2 is 2.12 bits per heavy atom. The Bertz CT molecular complexity index is 629. The molecule has 0 amide bonds. The summed E-state index contributed by atoms with van der Waals surface area (Å²) in [5.41, 5.74) is 7.41. The summed E-state index contributed by atoms with van der Waals surface area (Å²) in [7, 11) is 0. The van der Waals surface area contributed by atoms with E-state index in [0.29, 0.717) is 5.82 Å². The van der Waals surface area contributed by atoms with Crippen LogP contribution in [0.25, 0.3) is 16.4 Å². The number of nitrogens with zero attached hydrogens (tertiary/aromatic N) is 4. The lowest BCUT2D eigenvalue weighted by atomic mass is 10.4. The maximum absolute atomic E-state index is 5.80. The van der Waals surface area contributed by atoms with E-state index in [4.69, 9.17) is 5.73 Å². The van der Waals surface area contributed by atoms with Crippen LogP contribution < -0.4 is 5.73 Å². The van der Waals surface area contributed by atoms with Gasteiger partial charge < -0.3 is 5.73 Å². The fourth-order valence-electron chi connectivity index (χ4n) is 1.52. The number of anilines is 1. The first-order chi connectivity index (χ1) is 8.34. The molecule has 0 unspecified atom stereocenters. The molecule has 0 bridgehead atoms. The Kier molecular flexibility index (Phi) is 2.34. The van der Waals surface area contributed by atoms with Gasteiger partial charge in [-0.2, -0.15) is 5.10 Å². The maximum Gasteiger partial charge on any atom is 0.149 e. The van der Waals surface area contributed by atoms with Crippen molar-refractivity contribution in [1.82, 2.24) is 19.7 Å². The third kappa shape index (κ3) is 1.78. The molecule has 3 heterocycles. The topological polar surface area (TPSA) is 69.6 Å². The van der Waals surface area contributed by atoms with Crippen LogP contribution in [0.3, 0.4) is 0 Å². The van der Waals surface area contributed by atoms with Gasteiger partial charge in [-0.15, -0.1) is 11.3 Å². The molecule has 0 radical (unpaired) electrons. The van der Waals surface area contributed by atoms with Gasteiger partial charge >= 0.3 is 0 Å². The van der Waals surface area contributed by atoms with Crippen molar-refractivity contribution in [1.29, 1.82) is 0 Å². The van der Waals surface area contributed by atoms with Crippen molar-refractivity contribution in [3.63, 3.8) is 0 Å². The lowest BCUT2D eigenvalue weighted by Crippen LogP contribution is -2.01. The van der Waals surface area contributed by atoms with Gasteiger partial charge in [0, 0.05) is 24.0 Å². The zero-order valence-electron chi connectivity index (χ0n) is 8.82. The molecular weight excluding hydrogens is 234 g/mol.